The third kappa shape index (κ3) is 3.50. The predicted molar refractivity (Wildman–Crippen MR) is 103 cm³/mol. The van der Waals surface area contributed by atoms with Crippen molar-refractivity contribution in [1.29, 1.82) is 0 Å². The SMILES string of the molecule is CC(c1ccc(F)cc1)n1ncn(-c2ccc(N3CCNCC3)cc2)c1=O. The van der Waals surface area contributed by atoms with Gasteiger partial charge in [-0.3, -0.25) is 0 Å². The van der Waals surface area contributed by atoms with Gasteiger partial charge in [-0.1, -0.05) is 12.1 Å². The molecule has 1 atom stereocenters. The summed E-state index contributed by atoms with van der Waals surface area (Å²) in [5, 5.41) is 7.60. The molecule has 6 nitrogen and oxygen atoms in total. The van der Waals surface area contributed by atoms with Gasteiger partial charge < -0.3 is 10.2 Å². The molecule has 0 saturated carbocycles. The summed E-state index contributed by atoms with van der Waals surface area (Å²) in [6, 6.07) is 13.8. The van der Waals surface area contributed by atoms with Crippen LogP contribution < -0.4 is 15.9 Å². The van der Waals surface area contributed by atoms with Gasteiger partial charge in [-0.25, -0.2) is 18.4 Å². The third-order valence-electron chi connectivity index (χ3n) is 5.02. The first-order valence-corrected chi connectivity index (χ1v) is 9.11. The molecular weight excluding hydrogens is 345 g/mol. The average molecular weight is 367 g/mol. The van der Waals surface area contributed by atoms with E-state index in [-0.39, 0.29) is 17.5 Å². The number of hydrogen-bond donors (Lipinski definition) is 1. The van der Waals surface area contributed by atoms with Crippen molar-refractivity contribution in [2.24, 2.45) is 0 Å². The van der Waals surface area contributed by atoms with E-state index in [4.69, 9.17) is 0 Å². The van der Waals surface area contributed by atoms with Gasteiger partial charge in [0.15, 0.2) is 0 Å². The van der Waals surface area contributed by atoms with Crippen LogP contribution in [0.3, 0.4) is 0 Å². The summed E-state index contributed by atoms with van der Waals surface area (Å²) in [6.07, 6.45) is 1.53. The van der Waals surface area contributed by atoms with Gasteiger partial charge >= 0.3 is 5.69 Å². The number of nitrogens with one attached hydrogen (secondary N) is 1. The first-order chi connectivity index (χ1) is 13.1. The van der Waals surface area contributed by atoms with Crippen molar-refractivity contribution in [3.05, 3.63) is 76.7 Å². The minimum atomic E-state index is -0.298. The molecule has 1 saturated heterocycles. The molecule has 1 unspecified atom stereocenters. The summed E-state index contributed by atoms with van der Waals surface area (Å²) >= 11 is 0. The van der Waals surface area contributed by atoms with Crippen molar-refractivity contribution < 1.29 is 4.39 Å². The zero-order valence-electron chi connectivity index (χ0n) is 15.2. The summed E-state index contributed by atoms with van der Waals surface area (Å²) in [4.78, 5) is 15.1. The van der Waals surface area contributed by atoms with E-state index >= 15 is 0 Å². The molecule has 2 aromatic carbocycles. The first-order valence-electron chi connectivity index (χ1n) is 9.11. The minimum absolute atomic E-state index is 0.221. The van der Waals surface area contributed by atoms with Crippen LogP contribution in [0.4, 0.5) is 10.1 Å². The van der Waals surface area contributed by atoms with Crippen LogP contribution in [0.5, 0.6) is 0 Å². The lowest BCUT2D eigenvalue weighted by Gasteiger charge is -2.29. The van der Waals surface area contributed by atoms with Gasteiger partial charge in [-0.2, -0.15) is 5.10 Å². The predicted octanol–water partition coefficient (Wildman–Crippen LogP) is 2.19. The van der Waals surface area contributed by atoms with Crippen molar-refractivity contribution >= 4 is 5.69 Å². The zero-order valence-corrected chi connectivity index (χ0v) is 15.2. The smallest absolute Gasteiger partial charge is 0.350 e. The number of halogens is 1. The van der Waals surface area contributed by atoms with E-state index in [1.165, 1.54) is 27.7 Å². The van der Waals surface area contributed by atoms with E-state index in [1.54, 1.807) is 12.1 Å². The lowest BCUT2D eigenvalue weighted by Crippen LogP contribution is -2.43. The maximum absolute atomic E-state index is 13.1. The first kappa shape index (κ1) is 17.5. The number of anilines is 1. The summed E-state index contributed by atoms with van der Waals surface area (Å²) in [5.74, 6) is -0.298. The maximum atomic E-state index is 13.1. The van der Waals surface area contributed by atoms with Crippen LogP contribution >= 0.6 is 0 Å². The summed E-state index contributed by atoms with van der Waals surface area (Å²) in [6.45, 7) is 5.79. The van der Waals surface area contributed by atoms with Crippen LogP contribution in [0, 0.1) is 5.82 Å². The molecule has 4 rings (SSSR count). The molecule has 0 spiro atoms. The van der Waals surface area contributed by atoms with Crippen molar-refractivity contribution in [1.82, 2.24) is 19.7 Å². The molecule has 1 aliphatic heterocycles. The minimum Gasteiger partial charge on any atom is -0.369 e. The molecule has 0 amide bonds. The third-order valence-corrected chi connectivity index (χ3v) is 5.02. The van der Waals surface area contributed by atoms with Crippen LogP contribution in [-0.4, -0.2) is 40.5 Å². The van der Waals surface area contributed by atoms with Gasteiger partial charge in [-0.15, -0.1) is 0 Å². The Kier molecular flexibility index (Phi) is 4.77. The van der Waals surface area contributed by atoms with Crippen LogP contribution in [0.25, 0.3) is 5.69 Å². The molecule has 0 bridgehead atoms. The van der Waals surface area contributed by atoms with Gasteiger partial charge in [0.1, 0.15) is 12.1 Å². The topological polar surface area (TPSA) is 55.1 Å². The lowest BCUT2D eigenvalue weighted by atomic mass is 10.1. The van der Waals surface area contributed by atoms with Crippen molar-refractivity contribution in [2.45, 2.75) is 13.0 Å². The van der Waals surface area contributed by atoms with E-state index in [9.17, 15) is 9.18 Å². The molecule has 7 heteroatoms. The van der Waals surface area contributed by atoms with Gasteiger partial charge in [0, 0.05) is 31.9 Å². The second-order valence-corrected chi connectivity index (χ2v) is 6.71. The zero-order chi connectivity index (χ0) is 18.8. The molecular formula is C20H22FN5O. The van der Waals surface area contributed by atoms with E-state index in [0.717, 1.165) is 43.1 Å². The van der Waals surface area contributed by atoms with E-state index in [0.29, 0.717) is 0 Å². The number of piperazine rings is 1. The molecule has 140 valence electrons. The Hall–Kier alpha value is -2.93. The molecule has 1 fully saturated rings. The van der Waals surface area contributed by atoms with Crippen LogP contribution in [-0.2, 0) is 0 Å². The fourth-order valence-electron chi connectivity index (χ4n) is 3.39. The monoisotopic (exact) mass is 367 g/mol. The average Bonchev–Trinajstić information content (AvgIpc) is 3.10. The van der Waals surface area contributed by atoms with Gasteiger partial charge in [0.05, 0.1) is 11.7 Å². The number of nitrogens with zero attached hydrogens (tertiary/aromatic N) is 4. The van der Waals surface area contributed by atoms with Gasteiger partial charge in [0.25, 0.3) is 0 Å². The molecule has 3 aromatic rings. The van der Waals surface area contributed by atoms with Crippen molar-refractivity contribution in [3.63, 3.8) is 0 Å². The molecule has 0 aliphatic carbocycles. The normalized spacial score (nSPS) is 15.7. The van der Waals surface area contributed by atoms with Crippen LogP contribution in [0.15, 0.2) is 59.7 Å². The van der Waals surface area contributed by atoms with E-state index < -0.39 is 0 Å². The van der Waals surface area contributed by atoms with Gasteiger partial charge in [-0.05, 0) is 48.9 Å². The fraction of sp³-hybridized carbons (Fsp3) is 0.300. The van der Waals surface area contributed by atoms with Crippen LogP contribution in [0.1, 0.15) is 18.5 Å². The molecule has 1 N–H and O–H groups in total. The Morgan fingerprint density at radius 1 is 1.00 bits per heavy atom. The second-order valence-electron chi connectivity index (χ2n) is 6.71. The largest absolute Gasteiger partial charge is 0.369 e. The fourth-order valence-corrected chi connectivity index (χ4v) is 3.39. The number of aromatic nitrogens is 3. The van der Waals surface area contributed by atoms with Crippen molar-refractivity contribution in [3.8, 4) is 5.69 Å². The Bertz CT molecular complexity index is 955. The Labute approximate surface area is 156 Å². The maximum Gasteiger partial charge on any atom is 0.350 e. The number of hydrogen-bond acceptors (Lipinski definition) is 4. The molecule has 1 aromatic heterocycles. The Balaban J connectivity index is 1.58. The van der Waals surface area contributed by atoms with Crippen molar-refractivity contribution in [2.75, 3.05) is 31.1 Å². The summed E-state index contributed by atoms with van der Waals surface area (Å²) in [7, 11) is 0. The lowest BCUT2D eigenvalue weighted by molar-refractivity contribution is 0.539. The number of rotatable bonds is 4. The molecule has 27 heavy (non-hydrogen) atoms. The van der Waals surface area contributed by atoms with Crippen LogP contribution in [0.2, 0.25) is 0 Å². The van der Waals surface area contributed by atoms with E-state index in [2.05, 4.69) is 15.3 Å². The number of benzene rings is 2. The molecule has 2 heterocycles. The Morgan fingerprint density at radius 3 is 2.30 bits per heavy atom. The quantitative estimate of drug-likeness (QED) is 0.768. The second kappa shape index (κ2) is 7.36. The summed E-state index contributed by atoms with van der Waals surface area (Å²) < 4.78 is 16.1. The van der Waals surface area contributed by atoms with Gasteiger partial charge in [0.2, 0.25) is 0 Å². The Morgan fingerprint density at radius 2 is 1.63 bits per heavy atom. The highest BCUT2D eigenvalue weighted by molar-refractivity contribution is 5.51. The standard InChI is InChI=1S/C20H22FN5O/c1-15(16-2-4-17(21)5-3-16)26-20(27)25(14-23-26)19-8-6-18(7-9-19)24-12-10-22-11-13-24/h2-9,14-15,22H,10-13H2,1H3. The molecule has 1 aliphatic rings. The highest BCUT2D eigenvalue weighted by atomic mass is 19.1. The highest BCUT2D eigenvalue weighted by Gasteiger charge is 2.15. The van der Waals surface area contributed by atoms with E-state index in [1.807, 2.05) is 31.2 Å². The summed E-state index contributed by atoms with van der Waals surface area (Å²) in [5.41, 5.74) is 2.54. The molecule has 0 radical (unpaired) electrons. The highest BCUT2D eigenvalue weighted by Crippen LogP contribution is 2.19.